The average Bonchev–Trinajstić information content (AvgIpc) is 2.83. The van der Waals surface area contributed by atoms with Gasteiger partial charge in [-0.1, -0.05) is 24.3 Å². The van der Waals surface area contributed by atoms with E-state index in [9.17, 15) is 9.90 Å². The summed E-state index contributed by atoms with van der Waals surface area (Å²) in [6, 6.07) is 4.92. The molecule has 3 rings (SSSR count). The fourth-order valence-corrected chi connectivity index (χ4v) is 3.02. The summed E-state index contributed by atoms with van der Waals surface area (Å²) in [4.78, 5) is 12.2. The van der Waals surface area contributed by atoms with E-state index in [1.54, 1.807) is 18.2 Å². The van der Waals surface area contributed by atoms with Gasteiger partial charge >= 0.3 is 0 Å². The number of ether oxygens (including phenoxy) is 2. The number of rotatable bonds is 1. The van der Waals surface area contributed by atoms with E-state index in [4.69, 9.17) is 9.47 Å². The fraction of sp³-hybridized carbons (Fsp3) is 0.400. The maximum Gasteiger partial charge on any atom is 0.206 e. The number of aromatic hydroxyl groups is 1. The van der Waals surface area contributed by atoms with Gasteiger partial charge in [-0.2, -0.15) is 0 Å². The smallest absolute Gasteiger partial charge is 0.206 e. The minimum atomic E-state index is -1.06. The monoisotopic (exact) mass is 260 g/mol. The Morgan fingerprint density at radius 1 is 1.42 bits per heavy atom. The number of hydrogen-bond acceptors (Lipinski definition) is 4. The number of carbonyl (C=O) groups is 1. The van der Waals surface area contributed by atoms with E-state index in [1.165, 1.54) is 0 Å². The molecule has 1 fully saturated rings. The second kappa shape index (κ2) is 4.18. The maximum atomic E-state index is 12.2. The van der Waals surface area contributed by atoms with Gasteiger partial charge < -0.3 is 14.6 Å². The number of Topliss-reactive ketones (excluding diaryl/α,β-unsaturated/α-hetero) is 1. The van der Waals surface area contributed by atoms with Crippen LogP contribution in [0.15, 0.2) is 30.4 Å². The Labute approximate surface area is 111 Å². The lowest BCUT2D eigenvalue weighted by Gasteiger charge is -2.40. The number of hydrogen-bond donors (Lipinski definition) is 1. The standard InChI is InChI=1S/C15H16O4/c1-9(2)11-8-13(17)10-4-3-5-12(16)14(10)15(11)18-6-7-19-15/h3-5,11,16H,1,6-8H2,2H3/t11-/m0/s1. The SMILES string of the molecule is C=C(C)[C@@H]1CC(=O)c2cccc(O)c2C12OCCO2. The largest absolute Gasteiger partial charge is 0.507 e. The predicted molar refractivity (Wildman–Crippen MR) is 68.9 cm³/mol. The number of phenolic OH excluding ortho intramolecular Hbond substituents is 1. The molecule has 1 aliphatic heterocycles. The molecule has 19 heavy (non-hydrogen) atoms. The fourth-order valence-electron chi connectivity index (χ4n) is 3.02. The van der Waals surface area contributed by atoms with Crippen LogP contribution in [0, 0.1) is 5.92 Å². The molecule has 2 aliphatic rings. The molecule has 1 heterocycles. The van der Waals surface area contributed by atoms with Crippen molar-refractivity contribution in [1.82, 2.24) is 0 Å². The molecule has 100 valence electrons. The molecule has 1 saturated heterocycles. The van der Waals surface area contributed by atoms with Crippen LogP contribution in [0.25, 0.3) is 0 Å². The van der Waals surface area contributed by atoms with Crippen LogP contribution in [0.4, 0.5) is 0 Å². The van der Waals surface area contributed by atoms with Crippen LogP contribution in [0.3, 0.4) is 0 Å². The topological polar surface area (TPSA) is 55.8 Å². The Kier molecular flexibility index (Phi) is 2.73. The summed E-state index contributed by atoms with van der Waals surface area (Å²) < 4.78 is 11.6. The molecule has 0 amide bonds. The van der Waals surface area contributed by atoms with Crippen molar-refractivity contribution < 1.29 is 19.4 Å². The van der Waals surface area contributed by atoms with Crippen LogP contribution in [0.2, 0.25) is 0 Å². The highest BCUT2D eigenvalue weighted by atomic mass is 16.7. The van der Waals surface area contributed by atoms with Crippen LogP contribution in [-0.2, 0) is 15.3 Å². The summed E-state index contributed by atoms with van der Waals surface area (Å²) in [5.74, 6) is -1.29. The highest BCUT2D eigenvalue weighted by Crippen LogP contribution is 2.51. The predicted octanol–water partition coefficient (Wildman–Crippen LogP) is 2.37. The molecule has 0 aromatic heterocycles. The summed E-state index contributed by atoms with van der Waals surface area (Å²) in [6.45, 7) is 6.70. The molecule has 0 saturated carbocycles. The Balaban J connectivity index is 2.26. The van der Waals surface area contributed by atoms with Crippen molar-refractivity contribution in [2.75, 3.05) is 13.2 Å². The van der Waals surface area contributed by atoms with Crippen molar-refractivity contribution in [3.8, 4) is 5.75 Å². The van der Waals surface area contributed by atoms with E-state index in [2.05, 4.69) is 6.58 Å². The zero-order valence-corrected chi connectivity index (χ0v) is 10.8. The first-order valence-corrected chi connectivity index (χ1v) is 6.35. The Morgan fingerprint density at radius 2 is 2.11 bits per heavy atom. The van der Waals surface area contributed by atoms with Crippen molar-refractivity contribution >= 4 is 5.78 Å². The molecule has 4 nitrogen and oxygen atoms in total. The van der Waals surface area contributed by atoms with Gasteiger partial charge in [-0.15, -0.1) is 0 Å². The normalized spacial score (nSPS) is 24.5. The minimum Gasteiger partial charge on any atom is -0.507 e. The van der Waals surface area contributed by atoms with Gasteiger partial charge in [0, 0.05) is 17.9 Å². The highest BCUT2D eigenvalue weighted by molar-refractivity contribution is 6.00. The van der Waals surface area contributed by atoms with Crippen LogP contribution >= 0.6 is 0 Å². The molecule has 4 heteroatoms. The van der Waals surface area contributed by atoms with Crippen molar-refractivity contribution in [3.63, 3.8) is 0 Å². The lowest BCUT2D eigenvalue weighted by Crippen LogP contribution is -2.43. The number of phenols is 1. The maximum absolute atomic E-state index is 12.2. The summed E-state index contributed by atoms with van der Waals surface area (Å²) >= 11 is 0. The molecule has 1 aliphatic carbocycles. The molecule has 0 unspecified atom stereocenters. The minimum absolute atomic E-state index is 0.0105. The van der Waals surface area contributed by atoms with Gasteiger partial charge in [0.25, 0.3) is 0 Å². The Hall–Kier alpha value is -1.65. The summed E-state index contributed by atoms with van der Waals surface area (Å²) in [7, 11) is 0. The lowest BCUT2D eigenvalue weighted by molar-refractivity contribution is -0.199. The quantitative estimate of drug-likeness (QED) is 0.788. The van der Waals surface area contributed by atoms with Crippen molar-refractivity contribution in [2.45, 2.75) is 19.1 Å². The average molecular weight is 260 g/mol. The van der Waals surface area contributed by atoms with Crippen LogP contribution in [-0.4, -0.2) is 24.1 Å². The third-order valence-corrected chi connectivity index (χ3v) is 3.85. The molecule has 0 bridgehead atoms. The third kappa shape index (κ3) is 1.64. The van der Waals surface area contributed by atoms with Gasteiger partial charge in [0.1, 0.15) is 5.75 Å². The molecule has 1 spiro atoms. The van der Waals surface area contributed by atoms with Crippen molar-refractivity contribution in [1.29, 1.82) is 0 Å². The molecule has 1 aromatic carbocycles. The molecule has 1 atom stereocenters. The van der Waals surface area contributed by atoms with Gasteiger partial charge in [0.15, 0.2) is 5.78 Å². The van der Waals surface area contributed by atoms with E-state index >= 15 is 0 Å². The van der Waals surface area contributed by atoms with E-state index < -0.39 is 5.79 Å². The number of fused-ring (bicyclic) bond motifs is 2. The third-order valence-electron chi connectivity index (χ3n) is 3.85. The van der Waals surface area contributed by atoms with Gasteiger partial charge in [0.2, 0.25) is 5.79 Å². The van der Waals surface area contributed by atoms with Gasteiger partial charge in [-0.25, -0.2) is 0 Å². The van der Waals surface area contributed by atoms with E-state index in [-0.39, 0.29) is 17.5 Å². The highest BCUT2D eigenvalue weighted by Gasteiger charge is 2.53. The molecular formula is C15H16O4. The van der Waals surface area contributed by atoms with E-state index in [0.717, 1.165) is 5.57 Å². The number of benzene rings is 1. The zero-order chi connectivity index (χ0) is 13.6. The van der Waals surface area contributed by atoms with Gasteiger partial charge in [-0.05, 0) is 13.0 Å². The summed E-state index contributed by atoms with van der Waals surface area (Å²) in [5.41, 5.74) is 1.76. The first-order valence-electron chi connectivity index (χ1n) is 6.35. The van der Waals surface area contributed by atoms with Crippen LogP contribution in [0.5, 0.6) is 5.75 Å². The van der Waals surface area contributed by atoms with Crippen molar-refractivity contribution in [3.05, 3.63) is 41.5 Å². The van der Waals surface area contributed by atoms with Crippen LogP contribution < -0.4 is 0 Å². The molecule has 1 N–H and O–H groups in total. The Bertz CT molecular complexity index is 555. The molecular weight excluding hydrogens is 244 g/mol. The van der Waals surface area contributed by atoms with Gasteiger partial charge in [0.05, 0.1) is 18.8 Å². The molecule has 0 radical (unpaired) electrons. The second-order valence-electron chi connectivity index (χ2n) is 5.09. The number of ketones is 1. The number of carbonyl (C=O) groups excluding carboxylic acids is 1. The Morgan fingerprint density at radius 3 is 2.74 bits per heavy atom. The van der Waals surface area contributed by atoms with Gasteiger partial charge in [-0.3, -0.25) is 4.79 Å². The van der Waals surface area contributed by atoms with E-state index in [1.807, 2.05) is 6.92 Å². The lowest BCUT2D eigenvalue weighted by atomic mass is 9.74. The van der Waals surface area contributed by atoms with E-state index in [0.29, 0.717) is 30.8 Å². The second-order valence-corrected chi connectivity index (χ2v) is 5.09. The zero-order valence-electron chi connectivity index (χ0n) is 10.8. The molecule has 1 aromatic rings. The summed E-state index contributed by atoms with van der Waals surface area (Å²) in [6.07, 6.45) is 0.297. The first kappa shape index (κ1) is 12.4. The van der Waals surface area contributed by atoms with Crippen molar-refractivity contribution in [2.24, 2.45) is 5.92 Å². The van der Waals surface area contributed by atoms with Crippen LogP contribution in [0.1, 0.15) is 29.3 Å². The first-order chi connectivity index (χ1) is 9.06. The summed E-state index contributed by atoms with van der Waals surface area (Å²) in [5, 5.41) is 10.2.